The van der Waals surface area contributed by atoms with Crippen molar-refractivity contribution in [3.63, 3.8) is 0 Å². The van der Waals surface area contributed by atoms with E-state index in [1.165, 1.54) is 4.70 Å². The summed E-state index contributed by atoms with van der Waals surface area (Å²) in [5, 5.41) is 1.05. The number of fused-ring (bicyclic) bond motifs is 2. The maximum atomic E-state index is 13.0. The van der Waals surface area contributed by atoms with Gasteiger partial charge in [0.25, 0.3) is 0 Å². The van der Waals surface area contributed by atoms with Crippen LogP contribution in [0.1, 0.15) is 29.5 Å². The maximum Gasteiger partial charge on any atom is 0.227 e. The van der Waals surface area contributed by atoms with Crippen LogP contribution in [0.5, 0.6) is 11.5 Å². The quantitative estimate of drug-likeness (QED) is 0.690. The number of amides is 1. The Bertz CT molecular complexity index is 967. The van der Waals surface area contributed by atoms with Gasteiger partial charge in [-0.1, -0.05) is 18.2 Å². The molecular formula is C21H20N2O3S. The van der Waals surface area contributed by atoms with Gasteiger partial charge in [0.15, 0.2) is 11.5 Å². The van der Waals surface area contributed by atoms with Crippen LogP contribution in [0.2, 0.25) is 0 Å². The van der Waals surface area contributed by atoms with E-state index in [1.54, 1.807) is 11.3 Å². The molecule has 0 bridgehead atoms. The zero-order valence-corrected chi connectivity index (χ0v) is 15.7. The van der Waals surface area contributed by atoms with Gasteiger partial charge in [-0.05, 0) is 42.7 Å². The van der Waals surface area contributed by atoms with Crippen LogP contribution in [0.15, 0.2) is 42.5 Å². The number of para-hydroxylation sites is 1. The minimum atomic E-state index is 0.0899. The van der Waals surface area contributed by atoms with Gasteiger partial charge < -0.3 is 14.4 Å². The summed E-state index contributed by atoms with van der Waals surface area (Å²) in [5.41, 5.74) is 1.97. The highest BCUT2D eigenvalue weighted by molar-refractivity contribution is 7.18. The van der Waals surface area contributed by atoms with Crippen LogP contribution in [0.3, 0.4) is 0 Å². The molecule has 1 amide bonds. The molecule has 0 spiro atoms. The number of hydrogen-bond donors (Lipinski definition) is 0. The molecule has 3 aromatic rings. The van der Waals surface area contributed by atoms with Gasteiger partial charge in [0.1, 0.15) is 18.2 Å². The number of hydrogen-bond acceptors (Lipinski definition) is 5. The van der Waals surface area contributed by atoms with Gasteiger partial charge >= 0.3 is 0 Å². The lowest BCUT2D eigenvalue weighted by Gasteiger charge is -2.24. The molecule has 3 heterocycles. The third-order valence-electron chi connectivity index (χ3n) is 5.13. The Kier molecular flexibility index (Phi) is 4.20. The number of ether oxygens (including phenoxy) is 2. The molecule has 1 unspecified atom stereocenters. The van der Waals surface area contributed by atoms with Crippen molar-refractivity contribution in [2.45, 2.75) is 25.3 Å². The van der Waals surface area contributed by atoms with Crippen molar-refractivity contribution < 1.29 is 14.3 Å². The molecule has 1 atom stereocenters. The van der Waals surface area contributed by atoms with E-state index < -0.39 is 0 Å². The number of likely N-dealkylation sites (tertiary alicyclic amines) is 1. The predicted octanol–water partition coefficient (Wildman–Crippen LogP) is 3.97. The molecule has 27 heavy (non-hydrogen) atoms. The number of nitrogens with zero attached hydrogens (tertiary/aromatic N) is 2. The first-order valence-electron chi connectivity index (χ1n) is 9.31. The molecule has 2 aliphatic rings. The highest BCUT2D eigenvalue weighted by atomic mass is 32.1. The number of rotatable bonds is 3. The van der Waals surface area contributed by atoms with Crippen molar-refractivity contribution in [2.24, 2.45) is 0 Å². The Morgan fingerprint density at radius 3 is 2.89 bits per heavy atom. The lowest BCUT2D eigenvalue weighted by molar-refractivity contribution is -0.131. The number of thiazole rings is 1. The second-order valence-electron chi connectivity index (χ2n) is 6.92. The summed E-state index contributed by atoms with van der Waals surface area (Å²) in [6.45, 7) is 1.92. The Labute approximate surface area is 161 Å². The van der Waals surface area contributed by atoms with Crippen molar-refractivity contribution in [1.82, 2.24) is 9.88 Å². The highest BCUT2D eigenvalue weighted by Gasteiger charge is 2.32. The van der Waals surface area contributed by atoms with Crippen molar-refractivity contribution in [3.8, 4) is 11.5 Å². The number of benzene rings is 2. The van der Waals surface area contributed by atoms with E-state index >= 15 is 0 Å². The van der Waals surface area contributed by atoms with Crippen molar-refractivity contribution in [1.29, 1.82) is 0 Å². The third kappa shape index (κ3) is 3.14. The molecule has 0 radical (unpaired) electrons. The maximum absolute atomic E-state index is 13.0. The summed E-state index contributed by atoms with van der Waals surface area (Å²) in [7, 11) is 0. The molecule has 0 aliphatic carbocycles. The average Bonchev–Trinajstić information content (AvgIpc) is 3.34. The SMILES string of the molecule is O=C(Cc1ccc2c(c1)OCCO2)N1CCCC1c1nc2ccccc2s1. The van der Waals surface area contributed by atoms with Crippen LogP contribution >= 0.6 is 11.3 Å². The lowest BCUT2D eigenvalue weighted by atomic mass is 10.1. The molecule has 5 rings (SSSR count). The van der Waals surface area contributed by atoms with Crippen LogP contribution < -0.4 is 9.47 Å². The Morgan fingerprint density at radius 1 is 1.15 bits per heavy atom. The molecule has 1 aromatic heterocycles. The second-order valence-corrected chi connectivity index (χ2v) is 7.98. The van der Waals surface area contributed by atoms with Gasteiger partial charge in [0.2, 0.25) is 5.91 Å². The highest BCUT2D eigenvalue weighted by Crippen LogP contribution is 2.37. The summed E-state index contributed by atoms with van der Waals surface area (Å²) >= 11 is 1.70. The first-order chi connectivity index (χ1) is 13.3. The summed E-state index contributed by atoms with van der Waals surface area (Å²) in [5.74, 6) is 1.63. The predicted molar refractivity (Wildman–Crippen MR) is 104 cm³/mol. The largest absolute Gasteiger partial charge is 0.486 e. The summed E-state index contributed by atoms with van der Waals surface area (Å²) in [4.78, 5) is 19.8. The van der Waals surface area contributed by atoms with Crippen LogP contribution in [0.4, 0.5) is 0 Å². The molecule has 1 saturated heterocycles. The summed E-state index contributed by atoms with van der Waals surface area (Å²) < 4.78 is 12.4. The van der Waals surface area contributed by atoms with E-state index in [9.17, 15) is 4.79 Å². The number of aromatic nitrogens is 1. The van der Waals surface area contributed by atoms with Gasteiger partial charge in [-0.25, -0.2) is 4.98 Å². The van der Waals surface area contributed by atoms with Gasteiger partial charge in [0, 0.05) is 6.54 Å². The first kappa shape index (κ1) is 16.6. The molecule has 2 aromatic carbocycles. The second kappa shape index (κ2) is 6.85. The molecule has 5 nitrogen and oxygen atoms in total. The topological polar surface area (TPSA) is 51.7 Å². The fraction of sp³-hybridized carbons (Fsp3) is 0.333. The van der Waals surface area contributed by atoms with Gasteiger partial charge in [-0.3, -0.25) is 4.79 Å². The standard InChI is InChI=1S/C21H20N2O3S/c24-20(13-14-7-8-17-18(12-14)26-11-10-25-17)23-9-3-5-16(23)21-22-15-4-1-2-6-19(15)27-21/h1-2,4,6-8,12,16H,3,5,9-11,13H2. The molecule has 1 fully saturated rings. The van der Waals surface area contributed by atoms with Crippen molar-refractivity contribution in [3.05, 3.63) is 53.0 Å². The van der Waals surface area contributed by atoms with E-state index in [-0.39, 0.29) is 11.9 Å². The molecular weight excluding hydrogens is 360 g/mol. The molecule has 0 saturated carbocycles. The van der Waals surface area contributed by atoms with Gasteiger partial charge in [-0.2, -0.15) is 0 Å². The monoisotopic (exact) mass is 380 g/mol. The third-order valence-corrected chi connectivity index (χ3v) is 6.27. The van der Waals surface area contributed by atoms with Gasteiger partial charge in [0.05, 0.1) is 22.7 Å². The number of carbonyl (C=O) groups is 1. The van der Waals surface area contributed by atoms with Crippen molar-refractivity contribution in [2.75, 3.05) is 19.8 Å². The van der Waals surface area contributed by atoms with Crippen LogP contribution in [0, 0.1) is 0 Å². The Morgan fingerprint density at radius 2 is 2.00 bits per heavy atom. The van der Waals surface area contributed by atoms with Crippen LogP contribution in [-0.2, 0) is 11.2 Å². The summed E-state index contributed by atoms with van der Waals surface area (Å²) in [6.07, 6.45) is 2.37. The van der Waals surface area contributed by atoms with E-state index in [0.717, 1.165) is 47.0 Å². The van der Waals surface area contributed by atoms with E-state index in [1.807, 2.05) is 41.3 Å². The molecule has 0 N–H and O–H groups in total. The van der Waals surface area contributed by atoms with E-state index in [4.69, 9.17) is 14.5 Å². The smallest absolute Gasteiger partial charge is 0.227 e. The Balaban J connectivity index is 1.36. The van der Waals surface area contributed by atoms with Crippen molar-refractivity contribution >= 4 is 27.5 Å². The Hall–Kier alpha value is -2.60. The fourth-order valence-corrected chi connectivity index (χ4v) is 4.94. The first-order valence-corrected chi connectivity index (χ1v) is 10.1. The lowest BCUT2D eigenvalue weighted by Crippen LogP contribution is -2.31. The zero-order chi connectivity index (χ0) is 18.2. The minimum absolute atomic E-state index is 0.0899. The fourth-order valence-electron chi connectivity index (χ4n) is 3.83. The molecule has 6 heteroatoms. The van der Waals surface area contributed by atoms with E-state index in [2.05, 4.69) is 6.07 Å². The molecule has 138 valence electrons. The number of carbonyl (C=O) groups excluding carboxylic acids is 1. The minimum Gasteiger partial charge on any atom is -0.486 e. The normalized spacial score (nSPS) is 18.8. The van der Waals surface area contributed by atoms with E-state index in [0.29, 0.717) is 19.6 Å². The van der Waals surface area contributed by atoms with Crippen LogP contribution in [0.25, 0.3) is 10.2 Å². The average molecular weight is 380 g/mol. The summed E-state index contributed by atoms with van der Waals surface area (Å²) in [6, 6.07) is 14.0. The molecule has 2 aliphatic heterocycles. The zero-order valence-electron chi connectivity index (χ0n) is 14.9. The van der Waals surface area contributed by atoms with Gasteiger partial charge in [-0.15, -0.1) is 11.3 Å². The van der Waals surface area contributed by atoms with Crippen LogP contribution in [-0.4, -0.2) is 35.5 Å².